The lowest BCUT2D eigenvalue weighted by atomic mass is 10.0. The molecule has 0 spiro atoms. The number of sulfonamides is 1. The molecule has 2 aromatic carbocycles. The standard InChI is InChI=1S/C25H25F6NO8S/c1-14(22(34)35)9-17-13-32(41(36,37)18-6-4-5-16(12-18)39-25(29,30)31)19-10-15(7-8-20(19)38-17)11-21(33)40-23(2,3)24(26,27)28/h4-8,10,12,14,17H,9,11,13H2,1-3H3,(H,34,35)/t14-,17-/m0/s1. The fraction of sp³-hybridized carbons (Fsp3) is 0.440. The van der Waals surface area contributed by atoms with Gasteiger partial charge in [-0.2, -0.15) is 13.2 Å². The van der Waals surface area contributed by atoms with Crippen molar-refractivity contribution in [3.05, 3.63) is 48.0 Å². The van der Waals surface area contributed by atoms with E-state index in [0.29, 0.717) is 19.9 Å². The van der Waals surface area contributed by atoms with E-state index in [-0.39, 0.29) is 23.4 Å². The van der Waals surface area contributed by atoms with Crippen LogP contribution in [-0.2, 0) is 30.8 Å². The number of benzene rings is 2. The number of halogens is 6. The highest BCUT2D eigenvalue weighted by atomic mass is 32.2. The number of aliphatic carboxylic acids is 1. The average molecular weight is 614 g/mol. The zero-order chi connectivity index (χ0) is 31.0. The number of fused-ring (bicyclic) bond motifs is 1. The summed E-state index contributed by atoms with van der Waals surface area (Å²) in [5.74, 6) is -4.28. The summed E-state index contributed by atoms with van der Waals surface area (Å²) in [7, 11) is -4.64. The van der Waals surface area contributed by atoms with Crippen LogP contribution < -0.4 is 13.8 Å². The first-order chi connectivity index (χ1) is 18.7. The molecule has 0 aliphatic carbocycles. The minimum atomic E-state index is -5.10. The topological polar surface area (TPSA) is 119 Å². The molecule has 9 nitrogen and oxygen atoms in total. The minimum Gasteiger partial charge on any atom is -0.486 e. The van der Waals surface area contributed by atoms with E-state index in [2.05, 4.69) is 9.47 Å². The van der Waals surface area contributed by atoms with Crippen LogP contribution in [0.5, 0.6) is 11.5 Å². The van der Waals surface area contributed by atoms with Crippen molar-refractivity contribution in [3.63, 3.8) is 0 Å². The Bertz CT molecular complexity index is 1410. The summed E-state index contributed by atoms with van der Waals surface area (Å²) in [6.45, 7) is 2.23. The Hall–Kier alpha value is -3.69. The normalized spacial score (nSPS) is 16.8. The highest BCUT2D eigenvalue weighted by Gasteiger charge is 2.50. The molecule has 0 bridgehead atoms. The maximum atomic E-state index is 13.7. The Balaban J connectivity index is 2.01. The summed E-state index contributed by atoms with van der Waals surface area (Å²) in [5.41, 5.74) is -2.93. The van der Waals surface area contributed by atoms with E-state index in [9.17, 15) is 49.5 Å². The number of hydrogen-bond acceptors (Lipinski definition) is 7. The van der Waals surface area contributed by atoms with Crippen molar-refractivity contribution in [2.24, 2.45) is 5.92 Å². The van der Waals surface area contributed by atoms with Crippen molar-refractivity contribution in [1.29, 1.82) is 0 Å². The molecular weight excluding hydrogens is 588 g/mol. The van der Waals surface area contributed by atoms with Crippen LogP contribution >= 0.6 is 0 Å². The number of carboxylic acids is 1. The summed E-state index contributed by atoms with van der Waals surface area (Å²) in [5, 5.41) is 9.28. The lowest BCUT2D eigenvalue weighted by Gasteiger charge is -2.36. The van der Waals surface area contributed by atoms with Gasteiger partial charge < -0.3 is 19.3 Å². The number of alkyl halides is 6. The summed E-state index contributed by atoms with van der Waals surface area (Å²) in [4.78, 5) is 23.1. The number of nitrogens with zero attached hydrogens (tertiary/aromatic N) is 1. The second kappa shape index (κ2) is 11.3. The predicted octanol–water partition coefficient (Wildman–Crippen LogP) is 5.08. The second-order valence-electron chi connectivity index (χ2n) is 9.73. The first kappa shape index (κ1) is 31.8. The van der Waals surface area contributed by atoms with Gasteiger partial charge in [0.25, 0.3) is 10.0 Å². The Labute approximate surface area is 230 Å². The Kier molecular flexibility index (Phi) is 8.77. The molecule has 2 aromatic rings. The molecule has 1 aliphatic rings. The second-order valence-corrected chi connectivity index (χ2v) is 11.6. The number of carbonyl (C=O) groups is 2. The van der Waals surface area contributed by atoms with Crippen LogP contribution in [0.1, 0.15) is 32.8 Å². The maximum Gasteiger partial charge on any atom is 0.573 e. The number of anilines is 1. The Morgan fingerprint density at radius 1 is 1.10 bits per heavy atom. The molecule has 16 heteroatoms. The third-order valence-electron chi connectivity index (χ3n) is 6.02. The minimum absolute atomic E-state index is 0.0435. The zero-order valence-corrected chi connectivity index (χ0v) is 22.6. The van der Waals surface area contributed by atoms with E-state index < -0.39 is 75.7 Å². The van der Waals surface area contributed by atoms with Crippen molar-refractivity contribution in [2.75, 3.05) is 10.8 Å². The molecule has 1 heterocycles. The summed E-state index contributed by atoms with van der Waals surface area (Å²) >= 11 is 0. The molecule has 2 atom stereocenters. The fourth-order valence-corrected chi connectivity index (χ4v) is 5.35. The quantitative estimate of drug-likeness (QED) is 0.307. The Morgan fingerprint density at radius 2 is 1.76 bits per heavy atom. The van der Waals surface area contributed by atoms with Crippen molar-refractivity contribution >= 4 is 27.6 Å². The van der Waals surface area contributed by atoms with Gasteiger partial charge in [-0.1, -0.05) is 19.1 Å². The number of rotatable bonds is 9. The SMILES string of the molecule is C[C@@H](C[C@H]1CN(S(=O)(=O)c2cccc(OC(F)(F)F)c2)c2cc(CC(=O)OC(C)(C)C(F)(F)F)ccc2O1)C(=O)O. The van der Waals surface area contributed by atoms with Crippen LogP contribution in [0.2, 0.25) is 0 Å². The van der Waals surface area contributed by atoms with Gasteiger partial charge in [0.05, 0.1) is 29.5 Å². The lowest BCUT2D eigenvalue weighted by molar-refractivity contribution is -0.274. The number of ether oxygens (including phenoxy) is 3. The van der Waals surface area contributed by atoms with Crippen molar-refractivity contribution < 1.29 is 63.7 Å². The third kappa shape index (κ3) is 7.74. The summed E-state index contributed by atoms with van der Waals surface area (Å²) in [6.07, 6.45) is -11.8. The molecule has 3 rings (SSSR count). The molecule has 1 aliphatic heterocycles. The fourth-order valence-electron chi connectivity index (χ4n) is 3.82. The summed E-state index contributed by atoms with van der Waals surface area (Å²) < 4.78 is 120. The molecule has 0 saturated carbocycles. The van der Waals surface area contributed by atoms with E-state index in [4.69, 9.17) is 4.74 Å². The first-order valence-electron chi connectivity index (χ1n) is 11.9. The van der Waals surface area contributed by atoms with Crippen LogP contribution in [0, 0.1) is 5.92 Å². The van der Waals surface area contributed by atoms with Gasteiger partial charge in [0.15, 0.2) is 0 Å². The monoisotopic (exact) mass is 613 g/mol. The van der Waals surface area contributed by atoms with E-state index in [1.807, 2.05) is 0 Å². The molecule has 0 aromatic heterocycles. The molecule has 0 radical (unpaired) electrons. The van der Waals surface area contributed by atoms with Crippen molar-refractivity contribution in [3.8, 4) is 11.5 Å². The van der Waals surface area contributed by atoms with Gasteiger partial charge >= 0.3 is 24.5 Å². The summed E-state index contributed by atoms with van der Waals surface area (Å²) in [6, 6.07) is 7.26. The Morgan fingerprint density at radius 3 is 2.34 bits per heavy atom. The van der Waals surface area contributed by atoms with Gasteiger partial charge in [0, 0.05) is 6.07 Å². The number of hydrogen-bond donors (Lipinski definition) is 1. The number of carboxylic acid groups (broad SMARTS) is 1. The number of carbonyl (C=O) groups excluding carboxylic acids is 1. The van der Waals surface area contributed by atoms with E-state index in [0.717, 1.165) is 28.6 Å². The lowest BCUT2D eigenvalue weighted by Crippen LogP contribution is -2.44. The molecule has 226 valence electrons. The highest BCUT2D eigenvalue weighted by Crippen LogP contribution is 2.40. The van der Waals surface area contributed by atoms with E-state index in [1.165, 1.54) is 19.1 Å². The largest absolute Gasteiger partial charge is 0.573 e. The zero-order valence-electron chi connectivity index (χ0n) is 21.7. The molecule has 0 saturated heterocycles. The van der Waals surface area contributed by atoms with Gasteiger partial charge in [0.1, 0.15) is 17.6 Å². The van der Waals surface area contributed by atoms with Crippen LogP contribution in [0.25, 0.3) is 0 Å². The number of esters is 1. The van der Waals surface area contributed by atoms with Gasteiger partial charge in [-0.25, -0.2) is 8.42 Å². The van der Waals surface area contributed by atoms with E-state index >= 15 is 0 Å². The smallest absolute Gasteiger partial charge is 0.486 e. The van der Waals surface area contributed by atoms with Gasteiger partial charge in [-0.3, -0.25) is 13.9 Å². The van der Waals surface area contributed by atoms with Crippen molar-refractivity contribution in [1.82, 2.24) is 0 Å². The highest BCUT2D eigenvalue weighted by molar-refractivity contribution is 7.92. The first-order valence-corrected chi connectivity index (χ1v) is 13.3. The van der Waals surface area contributed by atoms with E-state index in [1.54, 1.807) is 0 Å². The predicted molar refractivity (Wildman–Crippen MR) is 130 cm³/mol. The van der Waals surface area contributed by atoms with Gasteiger partial charge in [-0.05, 0) is 50.1 Å². The van der Waals surface area contributed by atoms with Crippen LogP contribution in [0.15, 0.2) is 47.4 Å². The molecule has 0 amide bonds. The van der Waals surface area contributed by atoms with Gasteiger partial charge in [-0.15, -0.1) is 13.2 Å². The van der Waals surface area contributed by atoms with Crippen LogP contribution in [0.4, 0.5) is 32.0 Å². The van der Waals surface area contributed by atoms with Crippen LogP contribution in [0.3, 0.4) is 0 Å². The molecule has 0 fully saturated rings. The molecule has 1 N–H and O–H groups in total. The van der Waals surface area contributed by atoms with Gasteiger partial charge in [0.2, 0.25) is 5.60 Å². The maximum absolute atomic E-state index is 13.7. The average Bonchev–Trinajstić information content (AvgIpc) is 2.81. The van der Waals surface area contributed by atoms with Crippen LogP contribution in [-0.4, -0.2) is 56.3 Å². The molecule has 0 unspecified atom stereocenters. The molecule has 41 heavy (non-hydrogen) atoms. The van der Waals surface area contributed by atoms with Crippen molar-refractivity contribution in [2.45, 2.75) is 62.8 Å². The molecular formula is C25H25F6NO8S. The third-order valence-corrected chi connectivity index (χ3v) is 7.80.